The van der Waals surface area contributed by atoms with Gasteiger partial charge in [0, 0.05) is 12.1 Å². The number of amides is 1. The fraction of sp³-hybridized carbons (Fsp3) is 0.312. The summed E-state index contributed by atoms with van der Waals surface area (Å²) in [5.74, 6) is 0.460. The highest BCUT2D eigenvalue weighted by Crippen LogP contribution is 2.19. The Hall–Kier alpha value is -2.28. The standard InChI is InChI=1S/C16H20N2O4S/c1-3-18(23(20,21)4-2)14-9-7-13(8-10-14)16(19)17-12-15-6-5-11-22-15/h5-11H,3-4,12H2,1-2H3,(H,17,19). The predicted molar refractivity (Wildman–Crippen MR) is 88.8 cm³/mol. The van der Waals surface area contributed by atoms with E-state index in [-0.39, 0.29) is 11.7 Å². The van der Waals surface area contributed by atoms with E-state index >= 15 is 0 Å². The third-order valence-corrected chi connectivity index (χ3v) is 5.28. The molecule has 7 heteroatoms. The highest BCUT2D eigenvalue weighted by atomic mass is 32.2. The van der Waals surface area contributed by atoms with Crippen LogP contribution in [0, 0.1) is 0 Å². The van der Waals surface area contributed by atoms with Crippen molar-refractivity contribution in [1.82, 2.24) is 5.32 Å². The third-order valence-electron chi connectivity index (χ3n) is 3.41. The van der Waals surface area contributed by atoms with Crippen molar-refractivity contribution in [3.8, 4) is 0 Å². The molecule has 23 heavy (non-hydrogen) atoms. The summed E-state index contributed by atoms with van der Waals surface area (Å²) in [5.41, 5.74) is 1.02. The van der Waals surface area contributed by atoms with Crippen molar-refractivity contribution in [2.45, 2.75) is 20.4 Å². The molecular weight excluding hydrogens is 316 g/mol. The quantitative estimate of drug-likeness (QED) is 0.842. The zero-order valence-electron chi connectivity index (χ0n) is 13.2. The topological polar surface area (TPSA) is 79.6 Å². The van der Waals surface area contributed by atoms with Crippen LogP contribution in [0.4, 0.5) is 5.69 Å². The molecule has 1 aromatic heterocycles. The van der Waals surface area contributed by atoms with Crippen LogP contribution in [0.1, 0.15) is 30.0 Å². The van der Waals surface area contributed by atoms with E-state index in [4.69, 9.17) is 4.42 Å². The Morgan fingerprint density at radius 1 is 1.17 bits per heavy atom. The van der Waals surface area contributed by atoms with Gasteiger partial charge in [-0.15, -0.1) is 0 Å². The minimum Gasteiger partial charge on any atom is -0.467 e. The molecule has 0 saturated carbocycles. The van der Waals surface area contributed by atoms with Crippen LogP contribution in [0.15, 0.2) is 47.1 Å². The first-order chi connectivity index (χ1) is 11.0. The van der Waals surface area contributed by atoms with Crippen molar-refractivity contribution in [2.24, 2.45) is 0 Å². The molecule has 0 atom stereocenters. The van der Waals surface area contributed by atoms with E-state index in [1.165, 1.54) is 4.31 Å². The zero-order valence-corrected chi connectivity index (χ0v) is 14.0. The van der Waals surface area contributed by atoms with Gasteiger partial charge in [0.2, 0.25) is 10.0 Å². The Kier molecular flexibility index (Phi) is 5.44. The average Bonchev–Trinajstić information content (AvgIpc) is 3.07. The third kappa shape index (κ3) is 4.13. The molecule has 2 rings (SSSR count). The number of furan rings is 1. The summed E-state index contributed by atoms with van der Waals surface area (Å²) in [5, 5.41) is 2.74. The lowest BCUT2D eigenvalue weighted by Gasteiger charge is -2.22. The normalized spacial score (nSPS) is 11.2. The van der Waals surface area contributed by atoms with Crippen LogP contribution in [0.3, 0.4) is 0 Å². The molecule has 0 unspecified atom stereocenters. The van der Waals surface area contributed by atoms with Crippen molar-refractivity contribution in [3.63, 3.8) is 0 Å². The SMILES string of the molecule is CCN(c1ccc(C(=O)NCc2ccco2)cc1)S(=O)(=O)CC. The molecule has 0 saturated heterocycles. The van der Waals surface area contributed by atoms with Gasteiger partial charge in [-0.1, -0.05) is 0 Å². The molecule has 1 amide bonds. The zero-order chi connectivity index (χ0) is 16.9. The molecular formula is C16H20N2O4S. The van der Waals surface area contributed by atoms with Crippen molar-refractivity contribution < 1.29 is 17.6 Å². The van der Waals surface area contributed by atoms with Gasteiger partial charge in [0.05, 0.1) is 24.2 Å². The number of nitrogens with one attached hydrogen (secondary N) is 1. The molecule has 0 fully saturated rings. The number of hydrogen-bond acceptors (Lipinski definition) is 4. The van der Waals surface area contributed by atoms with Crippen LogP contribution in [0.5, 0.6) is 0 Å². The number of benzene rings is 1. The van der Waals surface area contributed by atoms with Crippen molar-refractivity contribution in [2.75, 3.05) is 16.6 Å². The van der Waals surface area contributed by atoms with E-state index < -0.39 is 10.0 Å². The molecule has 1 N–H and O–H groups in total. The molecule has 6 nitrogen and oxygen atoms in total. The number of carbonyl (C=O) groups is 1. The Bertz CT molecular complexity index is 737. The van der Waals surface area contributed by atoms with E-state index in [1.54, 1.807) is 56.5 Å². The first-order valence-corrected chi connectivity index (χ1v) is 9.00. The van der Waals surface area contributed by atoms with Crippen LogP contribution in [0.2, 0.25) is 0 Å². The second-order valence-electron chi connectivity index (χ2n) is 4.87. The second kappa shape index (κ2) is 7.32. The average molecular weight is 336 g/mol. The molecule has 0 aliphatic rings. The lowest BCUT2D eigenvalue weighted by molar-refractivity contribution is 0.0948. The summed E-state index contributed by atoms with van der Waals surface area (Å²) < 4.78 is 30.5. The Morgan fingerprint density at radius 3 is 2.39 bits per heavy atom. The Labute approximate surface area is 136 Å². The molecule has 0 radical (unpaired) electrons. The molecule has 1 aromatic carbocycles. The summed E-state index contributed by atoms with van der Waals surface area (Å²) in [6.45, 7) is 4.03. The smallest absolute Gasteiger partial charge is 0.251 e. The first kappa shape index (κ1) is 17.1. The maximum atomic E-state index is 12.1. The minimum atomic E-state index is -3.32. The lowest BCUT2D eigenvalue weighted by atomic mass is 10.2. The highest BCUT2D eigenvalue weighted by Gasteiger charge is 2.18. The van der Waals surface area contributed by atoms with Crippen molar-refractivity contribution >= 4 is 21.6 Å². The Morgan fingerprint density at radius 2 is 1.87 bits per heavy atom. The van der Waals surface area contributed by atoms with Gasteiger partial charge >= 0.3 is 0 Å². The van der Waals surface area contributed by atoms with Gasteiger partial charge in [-0.2, -0.15) is 0 Å². The minimum absolute atomic E-state index is 0.0340. The highest BCUT2D eigenvalue weighted by molar-refractivity contribution is 7.92. The van der Waals surface area contributed by atoms with Crippen molar-refractivity contribution in [3.05, 3.63) is 54.0 Å². The van der Waals surface area contributed by atoms with E-state index in [0.29, 0.717) is 30.1 Å². The maximum absolute atomic E-state index is 12.1. The maximum Gasteiger partial charge on any atom is 0.251 e. The number of carbonyl (C=O) groups excluding carboxylic acids is 1. The summed E-state index contributed by atoms with van der Waals surface area (Å²) in [4.78, 5) is 12.1. The van der Waals surface area contributed by atoms with E-state index in [2.05, 4.69) is 5.32 Å². The number of hydrogen-bond donors (Lipinski definition) is 1. The lowest BCUT2D eigenvalue weighted by Crippen LogP contribution is -2.32. The van der Waals surface area contributed by atoms with Crippen LogP contribution < -0.4 is 9.62 Å². The summed E-state index contributed by atoms with van der Waals surface area (Å²) in [6.07, 6.45) is 1.55. The first-order valence-electron chi connectivity index (χ1n) is 7.39. The number of sulfonamides is 1. The van der Waals surface area contributed by atoms with Gasteiger partial charge in [-0.05, 0) is 50.2 Å². The Balaban J connectivity index is 2.07. The van der Waals surface area contributed by atoms with Gasteiger partial charge in [-0.25, -0.2) is 8.42 Å². The molecule has 0 aliphatic carbocycles. The van der Waals surface area contributed by atoms with Gasteiger partial charge in [0.15, 0.2) is 0 Å². The molecule has 0 spiro atoms. The monoisotopic (exact) mass is 336 g/mol. The molecule has 0 aliphatic heterocycles. The predicted octanol–water partition coefficient (Wildman–Crippen LogP) is 2.39. The van der Waals surface area contributed by atoms with Gasteiger partial charge in [0.25, 0.3) is 5.91 Å². The summed E-state index contributed by atoms with van der Waals surface area (Å²) in [6, 6.07) is 10.0. The van der Waals surface area contributed by atoms with Crippen LogP contribution in [-0.4, -0.2) is 26.6 Å². The van der Waals surface area contributed by atoms with Crippen LogP contribution in [-0.2, 0) is 16.6 Å². The molecule has 2 aromatic rings. The number of nitrogens with zero attached hydrogens (tertiary/aromatic N) is 1. The van der Waals surface area contributed by atoms with E-state index in [0.717, 1.165) is 0 Å². The summed E-state index contributed by atoms with van der Waals surface area (Å²) >= 11 is 0. The van der Waals surface area contributed by atoms with E-state index in [1.807, 2.05) is 0 Å². The largest absolute Gasteiger partial charge is 0.467 e. The van der Waals surface area contributed by atoms with Gasteiger partial charge < -0.3 is 9.73 Å². The van der Waals surface area contributed by atoms with Crippen LogP contribution in [0.25, 0.3) is 0 Å². The molecule has 0 bridgehead atoms. The van der Waals surface area contributed by atoms with Gasteiger partial charge in [-0.3, -0.25) is 9.10 Å². The number of anilines is 1. The van der Waals surface area contributed by atoms with Crippen molar-refractivity contribution in [1.29, 1.82) is 0 Å². The summed E-state index contributed by atoms with van der Waals surface area (Å²) in [7, 11) is -3.32. The second-order valence-corrected chi connectivity index (χ2v) is 7.06. The van der Waals surface area contributed by atoms with Crippen LogP contribution >= 0.6 is 0 Å². The van der Waals surface area contributed by atoms with E-state index in [9.17, 15) is 13.2 Å². The molecule has 1 heterocycles. The fourth-order valence-corrected chi connectivity index (χ4v) is 3.31. The number of rotatable bonds is 7. The fourth-order valence-electron chi connectivity index (χ4n) is 2.16. The van der Waals surface area contributed by atoms with Gasteiger partial charge in [0.1, 0.15) is 5.76 Å². The molecule has 124 valence electrons.